The van der Waals surface area contributed by atoms with Crippen LogP contribution in [0.2, 0.25) is 0 Å². The minimum Gasteiger partial charge on any atom is -0.493 e. The Kier molecular flexibility index (Phi) is 8.66. The quantitative estimate of drug-likeness (QED) is 0.385. The summed E-state index contributed by atoms with van der Waals surface area (Å²) in [7, 11) is 1.65. The van der Waals surface area contributed by atoms with Gasteiger partial charge < -0.3 is 19.5 Å². The number of ether oxygens (including phenoxy) is 3. The van der Waals surface area contributed by atoms with Crippen LogP contribution in [0.5, 0.6) is 5.75 Å². The van der Waals surface area contributed by atoms with E-state index in [4.69, 9.17) is 14.2 Å². The topological polar surface area (TPSA) is 65.5 Å². The number of aromatic nitrogens is 2. The van der Waals surface area contributed by atoms with Gasteiger partial charge in [0.25, 0.3) is 0 Å². The molecule has 7 heteroatoms. The van der Waals surface area contributed by atoms with E-state index in [9.17, 15) is 0 Å². The highest BCUT2D eigenvalue weighted by Crippen LogP contribution is 2.33. The van der Waals surface area contributed by atoms with E-state index in [0.717, 1.165) is 58.4 Å². The van der Waals surface area contributed by atoms with E-state index < -0.39 is 5.79 Å². The van der Waals surface area contributed by atoms with Gasteiger partial charge in [-0.3, -0.25) is 0 Å². The molecule has 6 nitrogen and oxygen atoms in total. The highest BCUT2D eigenvalue weighted by molar-refractivity contribution is 7.18. The molecule has 0 atom stereocenters. The lowest BCUT2D eigenvalue weighted by Gasteiger charge is -2.23. The SMILES string of the molecule is CCCCNc1nnc(-c2cc(C)c(OCCCOC(C)(C)OC)c(C)c2)s1. The molecular weight excluding hydrogens is 374 g/mol. The van der Waals surface area contributed by atoms with Gasteiger partial charge in [-0.05, 0) is 57.4 Å². The number of aryl methyl sites for hydroxylation is 2. The summed E-state index contributed by atoms with van der Waals surface area (Å²) in [6.07, 6.45) is 3.10. The third-order valence-corrected chi connectivity index (χ3v) is 5.35. The van der Waals surface area contributed by atoms with Gasteiger partial charge >= 0.3 is 0 Å². The molecule has 0 aliphatic carbocycles. The number of unbranched alkanes of at least 4 members (excludes halogenated alkanes) is 1. The average Bonchev–Trinajstić information content (AvgIpc) is 3.12. The Bertz CT molecular complexity index is 723. The van der Waals surface area contributed by atoms with Crippen LogP contribution < -0.4 is 10.1 Å². The van der Waals surface area contributed by atoms with Crippen molar-refractivity contribution < 1.29 is 14.2 Å². The molecule has 0 aliphatic rings. The van der Waals surface area contributed by atoms with Gasteiger partial charge in [-0.1, -0.05) is 24.7 Å². The van der Waals surface area contributed by atoms with Crippen LogP contribution in [0, 0.1) is 13.8 Å². The van der Waals surface area contributed by atoms with E-state index in [0.29, 0.717) is 13.2 Å². The zero-order chi connectivity index (χ0) is 20.6. The van der Waals surface area contributed by atoms with Gasteiger partial charge in [-0.25, -0.2) is 0 Å². The molecule has 1 aromatic heterocycles. The van der Waals surface area contributed by atoms with Crippen LogP contribution in [0.4, 0.5) is 5.13 Å². The maximum absolute atomic E-state index is 6.01. The molecule has 28 heavy (non-hydrogen) atoms. The van der Waals surface area contributed by atoms with Crippen molar-refractivity contribution in [2.75, 3.05) is 32.2 Å². The van der Waals surface area contributed by atoms with E-state index in [2.05, 4.69) is 48.4 Å². The van der Waals surface area contributed by atoms with Crippen molar-refractivity contribution in [3.8, 4) is 16.3 Å². The molecule has 0 spiro atoms. The fourth-order valence-electron chi connectivity index (χ4n) is 2.69. The lowest BCUT2D eigenvalue weighted by molar-refractivity contribution is -0.197. The number of methoxy groups -OCH3 is 1. The lowest BCUT2D eigenvalue weighted by atomic mass is 10.1. The molecule has 1 N–H and O–H groups in total. The third kappa shape index (κ3) is 6.72. The largest absolute Gasteiger partial charge is 0.493 e. The van der Waals surface area contributed by atoms with Crippen molar-refractivity contribution in [2.45, 2.75) is 59.7 Å². The van der Waals surface area contributed by atoms with Gasteiger partial charge in [0.1, 0.15) is 10.8 Å². The monoisotopic (exact) mass is 407 g/mol. The Hall–Kier alpha value is -1.70. The van der Waals surface area contributed by atoms with Gasteiger partial charge in [0.2, 0.25) is 5.13 Å². The van der Waals surface area contributed by atoms with Crippen molar-refractivity contribution in [2.24, 2.45) is 0 Å². The Morgan fingerprint density at radius 2 is 1.79 bits per heavy atom. The number of anilines is 1. The molecular formula is C21H33N3O3S. The van der Waals surface area contributed by atoms with Crippen molar-refractivity contribution in [3.63, 3.8) is 0 Å². The van der Waals surface area contributed by atoms with Crippen LogP contribution in [0.1, 0.15) is 51.2 Å². The van der Waals surface area contributed by atoms with E-state index in [-0.39, 0.29) is 0 Å². The Morgan fingerprint density at radius 1 is 1.07 bits per heavy atom. The smallest absolute Gasteiger partial charge is 0.206 e. The summed E-state index contributed by atoms with van der Waals surface area (Å²) in [6.45, 7) is 12.2. The number of hydrogen-bond acceptors (Lipinski definition) is 7. The molecule has 2 aromatic rings. The van der Waals surface area contributed by atoms with Crippen molar-refractivity contribution in [3.05, 3.63) is 23.3 Å². The van der Waals surface area contributed by atoms with Gasteiger partial charge in [0.05, 0.1) is 13.2 Å². The molecule has 0 fully saturated rings. The lowest BCUT2D eigenvalue weighted by Crippen LogP contribution is -2.27. The number of nitrogens with zero attached hydrogens (tertiary/aromatic N) is 2. The van der Waals surface area contributed by atoms with Crippen molar-refractivity contribution in [1.29, 1.82) is 0 Å². The molecule has 0 unspecified atom stereocenters. The molecule has 0 bridgehead atoms. The van der Waals surface area contributed by atoms with Crippen LogP contribution in [0.25, 0.3) is 10.6 Å². The molecule has 0 amide bonds. The molecule has 0 radical (unpaired) electrons. The molecule has 1 aromatic carbocycles. The van der Waals surface area contributed by atoms with Crippen LogP contribution in [0.15, 0.2) is 12.1 Å². The minimum atomic E-state index is -0.556. The fourth-order valence-corrected chi connectivity index (χ4v) is 3.45. The zero-order valence-electron chi connectivity index (χ0n) is 17.9. The molecule has 156 valence electrons. The second-order valence-electron chi connectivity index (χ2n) is 7.29. The molecule has 0 saturated heterocycles. The van der Waals surface area contributed by atoms with Gasteiger partial charge in [-0.2, -0.15) is 0 Å². The maximum Gasteiger partial charge on any atom is 0.206 e. The first-order valence-electron chi connectivity index (χ1n) is 9.87. The van der Waals surface area contributed by atoms with E-state index in [1.165, 1.54) is 0 Å². The van der Waals surface area contributed by atoms with Gasteiger partial charge in [0, 0.05) is 25.6 Å². The summed E-state index contributed by atoms with van der Waals surface area (Å²) in [6, 6.07) is 4.23. The number of nitrogens with one attached hydrogen (secondary N) is 1. The summed E-state index contributed by atoms with van der Waals surface area (Å²) in [5.41, 5.74) is 3.28. The average molecular weight is 408 g/mol. The van der Waals surface area contributed by atoms with Gasteiger partial charge in [0.15, 0.2) is 5.79 Å². The predicted octanol–water partition coefficient (Wildman–Crippen LogP) is 5.20. The van der Waals surface area contributed by atoms with E-state index in [1.54, 1.807) is 18.4 Å². The first kappa shape index (κ1) is 22.6. The molecule has 0 saturated carbocycles. The minimum absolute atomic E-state index is 0.556. The highest BCUT2D eigenvalue weighted by Gasteiger charge is 2.16. The maximum atomic E-state index is 6.01. The standard InChI is InChI=1S/C21H33N3O3S/c1-7-8-10-22-20-24-23-19(28-20)17-13-15(2)18(16(3)14-17)26-11-9-12-27-21(4,5)25-6/h13-14H,7-12H2,1-6H3,(H,22,24). The predicted molar refractivity (Wildman–Crippen MR) is 115 cm³/mol. The second-order valence-corrected chi connectivity index (χ2v) is 8.26. The van der Waals surface area contributed by atoms with Crippen LogP contribution in [-0.2, 0) is 9.47 Å². The first-order valence-corrected chi connectivity index (χ1v) is 10.7. The normalized spacial score (nSPS) is 11.6. The molecule has 1 heterocycles. The second kappa shape index (κ2) is 10.7. The Labute approximate surface area is 172 Å². The highest BCUT2D eigenvalue weighted by atomic mass is 32.1. The Morgan fingerprint density at radius 3 is 2.43 bits per heavy atom. The first-order chi connectivity index (χ1) is 13.4. The third-order valence-electron chi connectivity index (χ3n) is 4.42. The zero-order valence-corrected chi connectivity index (χ0v) is 18.7. The summed E-state index contributed by atoms with van der Waals surface area (Å²) < 4.78 is 16.9. The Balaban J connectivity index is 1.93. The summed E-state index contributed by atoms with van der Waals surface area (Å²) >= 11 is 1.59. The molecule has 0 aliphatic heterocycles. The van der Waals surface area contributed by atoms with E-state index >= 15 is 0 Å². The molecule has 2 rings (SSSR count). The van der Waals surface area contributed by atoms with Crippen molar-refractivity contribution >= 4 is 16.5 Å². The number of benzene rings is 1. The summed E-state index contributed by atoms with van der Waals surface area (Å²) in [5.74, 6) is 0.375. The summed E-state index contributed by atoms with van der Waals surface area (Å²) in [5, 5.41) is 13.7. The van der Waals surface area contributed by atoms with Gasteiger partial charge in [-0.15, -0.1) is 10.2 Å². The van der Waals surface area contributed by atoms with Crippen LogP contribution >= 0.6 is 11.3 Å². The fraction of sp³-hybridized carbons (Fsp3) is 0.619. The van der Waals surface area contributed by atoms with E-state index in [1.807, 2.05) is 13.8 Å². The van der Waals surface area contributed by atoms with Crippen molar-refractivity contribution in [1.82, 2.24) is 10.2 Å². The number of rotatable bonds is 12. The van der Waals surface area contributed by atoms with Crippen LogP contribution in [-0.4, -0.2) is 42.9 Å². The summed E-state index contributed by atoms with van der Waals surface area (Å²) in [4.78, 5) is 0. The van der Waals surface area contributed by atoms with Crippen LogP contribution in [0.3, 0.4) is 0 Å². The number of hydrogen-bond donors (Lipinski definition) is 1.